The second-order valence-electron chi connectivity index (χ2n) is 3.78. The van der Waals surface area contributed by atoms with Crippen molar-refractivity contribution in [1.82, 2.24) is 0 Å². The molecule has 0 saturated carbocycles. The zero-order valence-corrected chi connectivity index (χ0v) is 10.4. The molecule has 0 aliphatic heterocycles. The standard InChI is InChI=1S/C12H10F2N2O2S/c13-8-5-9(14)7-12(6-8)19(17,18)11-3-1-10(16-15)2-4-11/h1-7,16H,15H2. The highest BCUT2D eigenvalue weighted by molar-refractivity contribution is 7.91. The van der Waals surface area contributed by atoms with Crippen LogP contribution in [-0.4, -0.2) is 8.42 Å². The number of rotatable bonds is 3. The van der Waals surface area contributed by atoms with Gasteiger partial charge in [0.1, 0.15) is 11.6 Å². The summed E-state index contributed by atoms with van der Waals surface area (Å²) in [5.41, 5.74) is 2.87. The summed E-state index contributed by atoms with van der Waals surface area (Å²) in [5, 5.41) is 0. The Morgan fingerprint density at radius 3 is 1.89 bits per heavy atom. The molecule has 0 saturated heterocycles. The average Bonchev–Trinajstić information content (AvgIpc) is 2.37. The van der Waals surface area contributed by atoms with E-state index in [0.29, 0.717) is 11.8 Å². The molecular formula is C12H10F2N2O2S. The van der Waals surface area contributed by atoms with Crippen molar-refractivity contribution in [2.75, 3.05) is 5.43 Å². The minimum atomic E-state index is -3.96. The number of sulfone groups is 1. The van der Waals surface area contributed by atoms with E-state index in [1.807, 2.05) is 0 Å². The zero-order valence-electron chi connectivity index (χ0n) is 9.60. The second-order valence-corrected chi connectivity index (χ2v) is 5.73. The molecule has 0 heterocycles. The Balaban J connectivity index is 2.51. The van der Waals surface area contributed by atoms with Gasteiger partial charge in [0.2, 0.25) is 9.84 Å². The van der Waals surface area contributed by atoms with Crippen LogP contribution in [0.3, 0.4) is 0 Å². The predicted octanol–water partition coefficient (Wildman–Crippen LogP) is 2.08. The first-order chi connectivity index (χ1) is 8.93. The molecule has 7 heteroatoms. The molecule has 3 N–H and O–H groups in total. The van der Waals surface area contributed by atoms with Crippen LogP contribution < -0.4 is 11.3 Å². The van der Waals surface area contributed by atoms with Crippen LogP contribution in [0.25, 0.3) is 0 Å². The van der Waals surface area contributed by atoms with Gasteiger partial charge in [0, 0.05) is 11.8 Å². The SMILES string of the molecule is NNc1ccc(S(=O)(=O)c2cc(F)cc(F)c2)cc1. The average molecular weight is 284 g/mol. The molecule has 0 spiro atoms. The summed E-state index contributed by atoms with van der Waals surface area (Å²) in [6.07, 6.45) is 0. The van der Waals surface area contributed by atoms with Gasteiger partial charge in [-0.1, -0.05) is 0 Å². The van der Waals surface area contributed by atoms with Crippen LogP contribution in [0.1, 0.15) is 0 Å². The molecule has 2 aromatic rings. The third-order valence-electron chi connectivity index (χ3n) is 2.48. The fourth-order valence-electron chi connectivity index (χ4n) is 1.55. The minimum absolute atomic E-state index is 0.0727. The van der Waals surface area contributed by atoms with Crippen molar-refractivity contribution in [3.05, 3.63) is 54.1 Å². The Bertz CT molecular complexity index is 680. The van der Waals surface area contributed by atoms with Crippen molar-refractivity contribution in [2.24, 2.45) is 5.84 Å². The first-order valence-electron chi connectivity index (χ1n) is 5.21. The molecule has 0 atom stereocenters. The maximum Gasteiger partial charge on any atom is 0.206 e. The van der Waals surface area contributed by atoms with Gasteiger partial charge in [-0.05, 0) is 36.4 Å². The molecule has 2 aromatic carbocycles. The molecule has 0 aliphatic carbocycles. The first-order valence-corrected chi connectivity index (χ1v) is 6.69. The normalized spacial score (nSPS) is 11.3. The Morgan fingerprint density at radius 2 is 1.42 bits per heavy atom. The maximum atomic E-state index is 13.1. The molecule has 0 unspecified atom stereocenters. The van der Waals surface area contributed by atoms with Gasteiger partial charge in [0.25, 0.3) is 0 Å². The Kier molecular flexibility index (Phi) is 3.50. The molecule has 0 amide bonds. The third-order valence-corrected chi connectivity index (χ3v) is 4.23. The summed E-state index contributed by atoms with van der Waals surface area (Å²) in [4.78, 5) is -0.505. The summed E-state index contributed by atoms with van der Waals surface area (Å²) in [5.74, 6) is 3.27. The number of hydrogen-bond donors (Lipinski definition) is 2. The summed E-state index contributed by atoms with van der Waals surface area (Å²) in [6.45, 7) is 0. The number of anilines is 1. The van der Waals surface area contributed by atoms with E-state index in [2.05, 4.69) is 5.43 Å². The van der Waals surface area contributed by atoms with Gasteiger partial charge in [-0.25, -0.2) is 17.2 Å². The largest absolute Gasteiger partial charge is 0.324 e. The zero-order chi connectivity index (χ0) is 14.0. The number of nitrogens with one attached hydrogen (secondary N) is 1. The molecule has 0 radical (unpaired) electrons. The van der Waals surface area contributed by atoms with Crippen molar-refractivity contribution < 1.29 is 17.2 Å². The van der Waals surface area contributed by atoms with Gasteiger partial charge in [-0.15, -0.1) is 0 Å². The monoisotopic (exact) mass is 284 g/mol. The van der Waals surface area contributed by atoms with Gasteiger partial charge >= 0.3 is 0 Å². The van der Waals surface area contributed by atoms with Gasteiger partial charge in [0.15, 0.2) is 0 Å². The number of nitrogens with two attached hydrogens (primary N) is 1. The number of hydrogen-bond acceptors (Lipinski definition) is 4. The van der Waals surface area contributed by atoms with E-state index >= 15 is 0 Å². The van der Waals surface area contributed by atoms with E-state index in [4.69, 9.17) is 5.84 Å². The van der Waals surface area contributed by atoms with Crippen LogP contribution in [0, 0.1) is 11.6 Å². The summed E-state index contributed by atoms with van der Waals surface area (Å²) >= 11 is 0. The van der Waals surface area contributed by atoms with Crippen LogP contribution in [0.5, 0.6) is 0 Å². The lowest BCUT2D eigenvalue weighted by molar-refractivity contribution is 0.567. The topological polar surface area (TPSA) is 72.2 Å². The Morgan fingerprint density at radius 1 is 0.895 bits per heavy atom. The molecule has 0 fully saturated rings. The second kappa shape index (κ2) is 4.94. The van der Waals surface area contributed by atoms with Crippen molar-refractivity contribution >= 4 is 15.5 Å². The maximum absolute atomic E-state index is 13.1. The van der Waals surface area contributed by atoms with Gasteiger partial charge in [-0.2, -0.15) is 0 Å². The van der Waals surface area contributed by atoms with E-state index in [0.717, 1.165) is 12.1 Å². The molecule has 100 valence electrons. The number of hydrazine groups is 1. The van der Waals surface area contributed by atoms with E-state index in [1.54, 1.807) is 0 Å². The van der Waals surface area contributed by atoms with Crippen LogP contribution >= 0.6 is 0 Å². The van der Waals surface area contributed by atoms with Crippen LogP contribution in [0.2, 0.25) is 0 Å². The lowest BCUT2D eigenvalue weighted by Crippen LogP contribution is -2.07. The molecule has 19 heavy (non-hydrogen) atoms. The van der Waals surface area contributed by atoms with Gasteiger partial charge < -0.3 is 5.43 Å². The number of nitrogen functional groups attached to an aromatic ring is 1. The van der Waals surface area contributed by atoms with E-state index in [1.165, 1.54) is 24.3 Å². The Labute approximate surface area is 108 Å². The predicted molar refractivity (Wildman–Crippen MR) is 66.1 cm³/mol. The summed E-state index contributed by atoms with van der Waals surface area (Å²) < 4.78 is 50.4. The highest BCUT2D eigenvalue weighted by Crippen LogP contribution is 2.23. The van der Waals surface area contributed by atoms with Crippen LogP contribution in [-0.2, 0) is 9.84 Å². The van der Waals surface area contributed by atoms with Crippen LogP contribution in [0.4, 0.5) is 14.5 Å². The summed E-state index contributed by atoms with van der Waals surface area (Å²) in [7, 11) is -3.96. The van der Waals surface area contributed by atoms with Crippen molar-refractivity contribution in [3.63, 3.8) is 0 Å². The third kappa shape index (κ3) is 2.72. The highest BCUT2D eigenvalue weighted by Gasteiger charge is 2.19. The van der Waals surface area contributed by atoms with Crippen molar-refractivity contribution in [1.29, 1.82) is 0 Å². The first kappa shape index (κ1) is 13.4. The Hall–Kier alpha value is -1.99. The molecule has 0 aromatic heterocycles. The van der Waals surface area contributed by atoms with E-state index in [9.17, 15) is 17.2 Å². The van der Waals surface area contributed by atoms with Crippen LogP contribution in [0.15, 0.2) is 52.3 Å². The fraction of sp³-hybridized carbons (Fsp3) is 0. The smallest absolute Gasteiger partial charge is 0.206 e. The van der Waals surface area contributed by atoms with Gasteiger partial charge in [0.05, 0.1) is 9.79 Å². The van der Waals surface area contributed by atoms with Crippen molar-refractivity contribution in [3.8, 4) is 0 Å². The van der Waals surface area contributed by atoms with Gasteiger partial charge in [-0.3, -0.25) is 5.84 Å². The molecule has 4 nitrogen and oxygen atoms in total. The molecular weight excluding hydrogens is 274 g/mol. The fourth-order valence-corrected chi connectivity index (χ4v) is 2.85. The lowest BCUT2D eigenvalue weighted by Gasteiger charge is -2.06. The molecule has 0 bridgehead atoms. The lowest BCUT2D eigenvalue weighted by atomic mass is 10.3. The highest BCUT2D eigenvalue weighted by atomic mass is 32.2. The minimum Gasteiger partial charge on any atom is -0.324 e. The van der Waals surface area contributed by atoms with E-state index in [-0.39, 0.29) is 4.90 Å². The quantitative estimate of drug-likeness (QED) is 0.668. The van der Waals surface area contributed by atoms with E-state index < -0.39 is 26.4 Å². The number of benzene rings is 2. The number of halogens is 2. The molecule has 0 aliphatic rings. The van der Waals surface area contributed by atoms with Crippen molar-refractivity contribution in [2.45, 2.75) is 9.79 Å². The summed E-state index contributed by atoms with van der Waals surface area (Å²) in [6, 6.07) is 7.65. The molecule has 2 rings (SSSR count).